The van der Waals surface area contributed by atoms with Crippen LogP contribution in [-0.2, 0) is 0 Å². The number of pyridine rings is 1. The summed E-state index contributed by atoms with van der Waals surface area (Å²) in [4.78, 5) is 3.87. The third-order valence-corrected chi connectivity index (χ3v) is 2.28. The lowest BCUT2D eigenvalue weighted by molar-refractivity contribution is 0.440. The van der Waals surface area contributed by atoms with Gasteiger partial charge in [-0.3, -0.25) is 4.98 Å². The van der Waals surface area contributed by atoms with E-state index in [0.29, 0.717) is 5.75 Å². The molecule has 4 heteroatoms. The number of ether oxygens (including phenoxy) is 1. The number of aryl methyl sites for hydroxylation is 1. The van der Waals surface area contributed by atoms with Gasteiger partial charge in [-0.2, -0.15) is 0 Å². The van der Waals surface area contributed by atoms with E-state index in [2.05, 4.69) is 4.98 Å². The van der Waals surface area contributed by atoms with Gasteiger partial charge in [0.15, 0.2) is 11.6 Å². The highest BCUT2D eigenvalue weighted by Crippen LogP contribution is 2.32. The van der Waals surface area contributed by atoms with Gasteiger partial charge in [0.25, 0.3) is 0 Å². The zero-order chi connectivity index (χ0) is 11.5. The quantitative estimate of drug-likeness (QED) is 0.788. The number of hydrogen-bond donors (Lipinski definition) is 0. The summed E-state index contributed by atoms with van der Waals surface area (Å²) in [5.41, 5.74) is 0.751. The Labute approximate surface area is 97.7 Å². The number of hydrogen-bond acceptors (Lipinski definition) is 2. The van der Waals surface area contributed by atoms with Crippen molar-refractivity contribution in [2.45, 2.75) is 6.92 Å². The maximum atomic E-state index is 13.6. The number of halogens is 2. The summed E-state index contributed by atoms with van der Waals surface area (Å²) in [6, 6.07) is 6.41. The molecule has 0 amide bonds. The first-order valence-corrected chi connectivity index (χ1v) is 5.08. The lowest BCUT2D eigenvalue weighted by Gasteiger charge is -2.08. The van der Waals surface area contributed by atoms with Gasteiger partial charge in [-0.1, -0.05) is 11.6 Å². The molecule has 1 aromatic heterocycles. The molecule has 0 radical (unpaired) electrons. The van der Waals surface area contributed by atoms with E-state index in [9.17, 15) is 4.39 Å². The SMILES string of the molecule is Cc1cc(F)c(Oc2cccnc2)c(Cl)c1. The van der Waals surface area contributed by atoms with Gasteiger partial charge >= 0.3 is 0 Å². The van der Waals surface area contributed by atoms with Gasteiger partial charge in [-0.15, -0.1) is 0 Å². The molecule has 0 aliphatic heterocycles. The molecule has 0 spiro atoms. The summed E-state index contributed by atoms with van der Waals surface area (Å²) in [7, 11) is 0. The smallest absolute Gasteiger partial charge is 0.181 e. The van der Waals surface area contributed by atoms with E-state index < -0.39 is 5.82 Å². The lowest BCUT2D eigenvalue weighted by atomic mass is 10.2. The summed E-state index contributed by atoms with van der Waals surface area (Å²) < 4.78 is 18.9. The van der Waals surface area contributed by atoms with Gasteiger partial charge in [0.05, 0.1) is 11.2 Å². The van der Waals surface area contributed by atoms with Crippen LogP contribution in [0, 0.1) is 12.7 Å². The van der Waals surface area contributed by atoms with Gasteiger partial charge in [0.1, 0.15) is 5.75 Å². The van der Waals surface area contributed by atoms with Crippen molar-refractivity contribution in [3.63, 3.8) is 0 Å². The first kappa shape index (κ1) is 10.9. The van der Waals surface area contributed by atoms with Gasteiger partial charge in [-0.25, -0.2) is 4.39 Å². The largest absolute Gasteiger partial charge is 0.451 e. The average Bonchev–Trinajstić information content (AvgIpc) is 2.25. The Kier molecular flexibility index (Phi) is 3.06. The maximum absolute atomic E-state index is 13.6. The first-order chi connectivity index (χ1) is 7.66. The van der Waals surface area contributed by atoms with Crippen LogP contribution in [0.4, 0.5) is 4.39 Å². The predicted molar refractivity (Wildman–Crippen MR) is 60.5 cm³/mol. The van der Waals surface area contributed by atoms with Gasteiger partial charge in [-0.05, 0) is 36.8 Å². The third kappa shape index (κ3) is 2.31. The van der Waals surface area contributed by atoms with E-state index >= 15 is 0 Å². The van der Waals surface area contributed by atoms with Crippen molar-refractivity contribution in [2.75, 3.05) is 0 Å². The Morgan fingerprint density at radius 1 is 1.38 bits per heavy atom. The molecule has 0 aliphatic carbocycles. The van der Waals surface area contributed by atoms with Crippen LogP contribution in [0.5, 0.6) is 11.5 Å². The molecule has 2 nitrogen and oxygen atoms in total. The molecule has 0 unspecified atom stereocenters. The van der Waals surface area contributed by atoms with Gasteiger partial charge in [0, 0.05) is 6.20 Å². The van der Waals surface area contributed by atoms with Gasteiger partial charge < -0.3 is 4.74 Å². The molecule has 0 fully saturated rings. The second-order valence-electron chi connectivity index (χ2n) is 3.35. The van der Waals surface area contributed by atoms with E-state index in [4.69, 9.17) is 16.3 Å². The topological polar surface area (TPSA) is 22.1 Å². The Bertz CT molecular complexity index is 479. The fraction of sp³-hybridized carbons (Fsp3) is 0.0833. The van der Waals surface area contributed by atoms with Crippen LogP contribution in [0.2, 0.25) is 5.02 Å². The molecule has 0 aliphatic rings. The molecule has 0 atom stereocenters. The van der Waals surface area contributed by atoms with Crippen molar-refractivity contribution in [3.8, 4) is 11.5 Å². The molecule has 2 rings (SSSR count). The fourth-order valence-corrected chi connectivity index (χ4v) is 1.61. The summed E-state index contributed by atoms with van der Waals surface area (Å²) in [6.45, 7) is 1.77. The van der Waals surface area contributed by atoms with Crippen molar-refractivity contribution in [1.82, 2.24) is 4.98 Å². The summed E-state index contributed by atoms with van der Waals surface area (Å²) in [5, 5.41) is 0.251. The summed E-state index contributed by atoms with van der Waals surface area (Å²) in [6.07, 6.45) is 3.11. The average molecular weight is 238 g/mol. The monoisotopic (exact) mass is 237 g/mol. The predicted octanol–water partition coefficient (Wildman–Crippen LogP) is 3.97. The highest BCUT2D eigenvalue weighted by Gasteiger charge is 2.10. The van der Waals surface area contributed by atoms with E-state index in [1.165, 1.54) is 12.3 Å². The van der Waals surface area contributed by atoms with Crippen LogP contribution in [0.3, 0.4) is 0 Å². The van der Waals surface area contributed by atoms with Crippen LogP contribution in [-0.4, -0.2) is 4.98 Å². The minimum atomic E-state index is -0.478. The molecule has 82 valence electrons. The minimum Gasteiger partial charge on any atom is -0.451 e. The van der Waals surface area contributed by atoms with E-state index in [1.54, 1.807) is 31.3 Å². The molecule has 0 bridgehead atoms. The van der Waals surface area contributed by atoms with Crippen molar-refractivity contribution in [1.29, 1.82) is 0 Å². The summed E-state index contributed by atoms with van der Waals surface area (Å²) >= 11 is 5.90. The molecule has 0 saturated heterocycles. The van der Waals surface area contributed by atoms with Crippen LogP contribution >= 0.6 is 11.6 Å². The van der Waals surface area contributed by atoms with E-state index in [0.717, 1.165) is 5.56 Å². The zero-order valence-corrected chi connectivity index (χ0v) is 9.33. The molecule has 0 N–H and O–H groups in total. The minimum absolute atomic E-state index is 0.0280. The normalized spacial score (nSPS) is 10.2. The Hall–Kier alpha value is -1.61. The third-order valence-electron chi connectivity index (χ3n) is 2.00. The second-order valence-corrected chi connectivity index (χ2v) is 3.76. The number of benzene rings is 1. The van der Waals surface area contributed by atoms with Crippen molar-refractivity contribution in [2.24, 2.45) is 0 Å². The van der Waals surface area contributed by atoms with Crippen LogP contribution in [0.25, 0.3) is 0 Å². The van der Waals surface area contributed by atoms with Crippen LogP contribution < -0.4 is 4.74 Å². The fourth-order valence-electron chi connectivity index (χ4n) is 1.31. The molecule has 16 heavy (non-hydrogen) atoms. The standard InChI is InChI=1S/C12H9ClFNO/c1-8-5-10(13)12(11(14)6-8)16-9-3-2-4-15-7-9/h2-7H,1H3. The Balaban J connectivity index is 2.35. The Morgan fingerprint density at radius 2 is 2.19 bits per heavy atom. The maximum Gasteiger partial charge on any atom is 0.181 e. The van der Waals surface area contributed by atoms with E-state index in [1.807, 2.05) is 0 Å². The van der Waals surface area contributed by atoms with Crippen molar-refractivity contribution >= 4 is 11.6 Å². The molecular weight excluding hydrogens is 229 g/mol. The first-order valence-electron chi connectivity index (χ1n) is 4.70. The number of aromatic nitrogens is 1. The lowest BCUT2D eigenvalue weighted by Crippen LogP contribution is -1.91. The van der Waals surface area contributed by atoms with Crippen LogP contribution in [0.1, 0.15) is 5.56 Å². The van der Waals surface area contributed by atoms with Crippen LogP contribution in [0.15, 0.2) is 36.7 Å². The number of rotatable bonds is 2. The van der Waals surface area contributed by atoms with Crippen molar-refractivity contribution in [3.05, 3.63) is 53.1 Å². The molecule has 1 aromatic carbocycles. The van der Waals surface area contributed by atoms with Crippen molar-refractivity contribution < 1.29 is 9.13 Å². The highest BCUT2D eigenvalue weighted by molar-refractivity contribution is 6.32. The zero-order valence-electron chi connectivity index (χ0n) is 8.58. The molecule has 2 aromatic rings. The van der Waals surface area contributed by atoms with E-state index in [-0.39, 0.29) is 10.8 Å². The molecular formula is C12H9ClFNO. The molecule has 0 saturated carbocycles. The highest BCUT2D eigenvalue weighted by atomic mass is 35.5. The summed E-state index contributed by atoms with van der Waals surface area (Å²) in [5.74, 6) is 0.00118. The second kappa shape index (κ2) is 4.49. The number of nitrogens with zero attached hydrogens (tertiary/aromatic N) is 1. The molecule has 1 heterocycles. The van der Waals surface area contributed by atoms with Gasteiger partial charge in [0.2, 0.25) is 0 Å². The Morgan fingerprint density at radius 3 is 2.81 bits per heavy atom.